The van der Waals surface area contributed by atoms with Crippen LogP contribution < -0.4 is 10.6 Å². The molecule has 126 valence electrons. The fourth-order valence-electron chi connectivity index (χ4n) is 2.83. The van der Waals surface area contributed by atoms with Gasteiger partial charge in [-0.15, -0.1) is 24.0 Å². The predicted molar refractivity (Wildman–Crippen MR) is 99.6 cm³/mol. The molecule has 2 atom stereocenters. The number of hydrogen-bond donors (Lipinski definition) is 2. The zero-order valence-corrected chi connectivity index (χ0v) is 16.6. The molecule has 0 spiro atoms. The van der Waals surface area contributed by atoms with E-state index in [9.17, 15) is 0 Å². The molecule has 1 aromatic heterocycles. The Morgan fingerprint density at radius 2 is 2.18 bits per heavy atom. The summed E-state index contributed by atoms with van der Waals surface area (Å²) in [4.78, 5) is 4.30. The number of guanidine groups is 1. The highest BCUT2D eigenvalue weighted by molar-refractivity contribution is 14.0. The molecular formula is C15H28IN5O. The number of nitrogens with zero attached hydrogens (tertiary/aromatic N) is 3. The first-order valence-corrected chi connectivity index (χ1v) is 7.33. The molecule has 1 heterocycles. The smallest absolute Gasteiger partial charge is 0.191 e. The number of rotatable bonds is 4. The molecule has 0 saturated heterocycles. The first-order valence-electron chi connectivity index (χ1n) is 7.33. The maximum Gasteiger partial charge on any atom is 0.191 e. The SMILES string of the molecule is CN=C(NCc1ccnn1C)NC1CC(C)(OC)C1(C)C.I. The van der Waals surface area contributed by atoms with Gasteiger partial charge in [-0.3, -0.25) is 9.67 Å². The van der Waals surface area contributed by atoms with Gasteiger partial charge in [-0.25, -0.2) is 0 Å². The lowest BCUT2D eigenvalue weighted by Gasteiger charge is -2.59. The second-order valence-electron chi connectivity index (χ2n) is 6.43. The zero-order chi connectivity index (χ0) is 15.7. The van der Waals surface area contributed by atoms with Crippen LogP contribution in [-0.4, -0.2) is 41.5 Å². The van der Waals surface area contributed by atoms with Crippen LogP contribution in [0.1, 0.15) is 32.9 Å². The Kier molecular flexibility index (Phi) is 6.26. The molecule has 1 aliphatic carbocycles. The predicted octanol–water partition coefficient (Wildman–Crippen LogP) is 1.91. The molecule has 1 aromatic rings. The van der Waals surface area contributed by atoms with Crippen molar-refractivity contribution in [2.24, 2.45) is 17.5 Å². The molecule has 1 aliphatic rings. The van der Waals surface area contributed by atoms with Crippen LogP contribution in [0.3, 0.4) is 0 Å². The van der Waals surface area contributed by atoms with E-state index in [4.69, 9.17) is 4.74 Å². The van der Waals surface area contributed by atoms with E-state index in [0.29, 0.717) is 12.6 Å². The highest BCUT2D eigenvalue weighted by Gasteiger charge is 2.58. The van der Waals surface area contributed by atoms with Crippen molar-refractivity contribution in [3.05, 3.63) is 18.0 Å². The summed E-state index contributed by atoms with van der Waals surface area (Å²) in [6.45, 7) is 7.32. The fourth-order valence-corrected chi connectivity index (χ4v) is 2.83. The van der Waals surface area contributed by atoms with E-state index in [-0.39, 0.29) is 35.0 Å². The Morgan fingerprint density at radius 3 is 2.64 bits per heavy atom. The summed E-state index contributed by atoms with van der Waals surface area (Å²) >= 11 is 0. The van der Waals surface area contributed by atoms with Crippen molar-refractivity contribution < 1.29 is 4.74 Å². The molecule has 0 aliphatic heterocycles. The van der Waals surface area contributed by atoms with Crippen molar-refractivity contribution in [2.45, 2.75) is 45.4 Å². The van der Waals surface area contributed by atoms with E-state index in [1.54, 1.807) is 20.4 Å². The van der Waals surface area contributed by atoms with Gasteiger partial charge in [0.2, 0.25) is 0 Å². The molecule has 2 unspecified atom stereocenters. The van der Waals surface area contributed by atoms with Gasteiger partial charge in [0.25, 0.3) is 0 Å². The highest BCUT2D eigenvalue weighted by atomic mass is 127. The molecule has 22 heavy (non-hydrogen) atoms. The van der Waals surface area contributed by atoms with Crippen LogP contribution >= 0.6 is 24.0 Å². The summed E-state index contributed by atoms with van der Waals surface area (Å²) in [5, 5.41) is 11.0. The van der Waals surface area contributed by atoms with Crippen LogP contribution in [0.4, 0.5) is 0 Å². The van der Waals surface area contributed by atoms with Crippen molar-refractivity contribution in [1.82, 2.24) is 20.4 Å². The van der Waals surface area contributed by atoms with Crippen LogP contribution in [0.5, 0.6) is 0 Å². The number of nitrogens with one attached hydrogen (secondary N) is 2. The molecule has 2 N–H and O–H groups in total. The van der Waals surface area contributed by atoms with Crippen LogP contribution in [0.2, 0.25) is 0 Å². The van der Waals surface area contributed by atoms with Gasteiger partial charge < -0.3 is 15.4 Å². The Hall–Kier alpha value is -0.830. The number of ether oxygens (including phenoxy) is 1. The third kappa shape index (κ3) is 3.40. The number of aliphatic imine (C=N–C) groups is 1. The molecule has 1 fully saturated rings. The van der Waals surface area contributed by atoms with Gasteiger partial charge >= 0.3 is 0 Å². The number of aryl methyl sites for hydroxylation is 1. The molecular weight excluding hydrogens is 393 g/mol. The van der Waals surface area contributed by atoms with Crippen molar-refractivity contribution in [2.75, 3.05) is 14.2 Å². The van der Waals surface area contributed by atoms with Gasteiger partial charge in [0.1, 0.15) is 0 Å². The van der Waals surface area contributed by atoms with Gasteiger partial charge in [-0.05, 0) is 19.4 Å². The molecule has 0 aromatic carbocycles. The van der Waals surface area contributed by atoms with E-state index in [2.05, 4.69) is 41.5 Å². The normalized spacial score (nSPS) is 26.8. The summed E-state index contributed by atoms with van der Waals surface area (Å²) in [5.41, 5.74) is 1.10. The fraction of sp³-hybridized carbons (Fsp3) is 0.733. The van der Waals surface area contributed by atoms with Crippen LogP contribution in [-0.2, 0) is 18.3 Å². The number of methoxy groups -OCH3 is 1. The van der Waals surface area contributed by atoms with Gasteiger partial charge in [0, 0.05) is 38.9 Å². The Bertz CT molecular complexity index is 528. The lowest BCUT2D eigenvalue weighted by Crippen LogP contribution is -2.69. The van der Waals surface area contributed by atoms with Crippen LogP contribution in [0.25, 0.3) is 0 Å². The largest absolute Gasteiger partial charge is 0.378 e. The van der Waals surface area contributed by atoms with Crippen LogP contribution in [0, 0.1) is 5.41 Å². The Balaban J connectivity index is 0.00000242. The third-order valence-electron chi connectivity index (χ3n) is 5.17. The van der Waals surface area contributed by atoms with Gasteiger partial charge in [0.05, 0.1) is 17.8 Å². The summed E-state index contributed by atoms with van der Waals surface area (Å²) in [5.74, 6) is 0.812. The minimum Gasteiger partial charge on any atom is -0.378 e. The van der Waals surface area contributed by atoms with E-state index < -0.39 is 0 Å². The van der Waals surface area contributed by atoms with Crippen LogP contribution in [0.15, 0.2) is 17.3 Å². The number of aromatic nitrogens is 2. The zero-order valence-electron chi connectivity index (χ0n) is 14.3. The van der Waals surface area contributed by atoms with E-state index in [1.165, 1.54) is 0 Å². The monoisotopic (exact) mass is 421 g/mol. The molecule has 7 heteroatoms. The summed E-state index contributed by atoms with van der Waals surface area (Å²) in [6, 6.07) is 2.34. The number of halogens is 1. The highest BCUT2D eigenvalue weighted by Crippen LogP contribution is 2.51. The first-order chi connectivity index (χ1) is 9.84. The van der Waals surface area contributed by atoms with Gasteiger partial charge in [-0.2, -0.15) is 5.10 Å². The van der Waals surface area contributed by atoms with E-state index >= 15 is 0 Å². The average Bonchev–Trinajstić information content (AvgIpc) is 2.87. The quantitative estimate of drug-likeness (QED) is 0.443. The van der Waals surface area contributed by atoms with Gasteiger partial charge in [-0.1, -0.05) is 13.8 Å². The van der Waals surface area contributed by atoms with E-state index in [1.807, 2.05) is 17.8 Å². The molecule has 2 rings (SSSR count). The van der Waals surface area contributed by atoms with Crippen molar-refractivity contribution in [3.8, 4) is 0 Å². The average molecular weight is 421 g/mol. The van der Waals surface area contributed by atoms with Gasteiger partial charge in [0.15, 0.2) is 5.96 Å². The molecule has 6 nitrogen and oxygen atoms in total. The van der Waals surface area contributed by atoms with E-state index in [0.717, 1.165) is 18.1 Å². The summed E-state index contributed by atoms with van der Waals surface area (Å²) < 4.78 is 7.51. The number of hydrogen-bond acceptors (Lipinski definition) is 3. The minimum atomic E-state index is -0.0778. The Labute approximate surface area is 150 Å². The standard InChI is InChI=1S/C15H27N5O.HI/c1-14(2)12(9-15(14,3)21-6)19-13(16-4)17-10-11-7-8-18-20(11)5;/h7-8,12H,9-10H2,1-6H3,(H2,16,17,19);1H. The second kappa shape index (κ2) is 7.16. The second-order valence-corrected chi connectivity index (χ2v) is 6.43. The summed E-state index contributed by atoms with van der Waals surface area (Å²) in [7, 11) is 5.51. The third-order valence-corrected chi connectivity index (χ3v) is 5.17. The molecule has 0 amide bonds. The Morgan fingerprint density at radius 1 is 1.50 bits per heavy atom. The molecule has 1 saturated carbocycles. The van der Waals surface area contributed by atoms with Crippen molar-refractivity contribution in [3.63, 3.8) is 0 Å². The lowest BCUT2D eigenvalue weighted by atomic mass is 9.56. The van der Waals surface area contributed by atoms with Crippen molar-refractivity contribution in [1.29, 1.82) is 0 Å². The maximum absolute atomic E-state index is 5.66. The topological polar surface area (TPSA) is 63.5 Å². The maximum atomic E-state index is 5.66. The first kappa shape index (κ1) is 19.2. The molecule has 0 bridgehead atoms. The lowest BCUT2D eigenvalue weighted by molar-refractivity contribution is -0.176. The van der Waals surface area contributed by atoms with Crippen molar-refractivity contribution >= 4 is 29.9 Å². The summed E-state index contributed by atoms with van der Waals surface area (Å²) in [6.07, 6.45) is 2.77. The minimum absolute atomic E-state index is 0. The molecule has 0 radical (unpaired) electrons.